The quantitative estimate of drug-likeness (QED) is 0.342. The lowest BCUT2D eigenvalue weighted by Gasteiger charge is -2.04. The minimum atomic E-state index is 0.668. The van der Waals surface area contributed by atoms with Gasteiger partial charge >= 0.3 is 0 Å². The number of fused-ring (bicyclic) bond motifs is 1. The summed E-state index contributed by atoms with van der Waals surface area (Å²) in [7, 11) is 0. The topological polar surface area (TPSA) is 58.5 Å². The molecule has 5 heteroatoms. The molecule has 0 aliphatic rings. The van der Waals surface area contributed by atoms with E-state index in [2.05, 4.69) is 84.1 Å². The van der Waals surface area contributed by atoms with E-state index < -0.39 is 0 Å². The van der Waals surface area contributed by atoms with Crippen LogP contribution in [0.3, 0.4) is 0 Å². The van der Waals surface area contributed by atoms with Gasteiger partial charge < -0.3 is 10.3 Å². The first-order valence-corrected chi connectivity index (χ1v) is 11.1. The number of aromatic nitrogens is 4. The third-order valence-corrected chi connectivity index (χ3v) is 5.88. The first kappa shape index (κ1) is 20.2. The maximum absolute atomic E-state index is 4.85. The predicted octanol–water partition coefficient (Wildman–Crippen LogP) is 5.12. The molecule has 2 heterocycles. The van der Waals surface area contributed by atoms with Gasteiger partial charge in [-0.25, -0.2) is 0 Å². The number of nitrogens with zero attached hydrogens (tertiary/aromatic N) is 3. The molecule has 5 aromatic rings. The second-order valence-electron chi connectivity index (χ2n) is 8.10. The van der Waals surface area contributed by atoms with Gasteiger partial charge in [-0.1, -0.05) is 72.8 Å². The molecule has 3 aromatic carbocycles. The molecule has 0 aliphatic carbocycles. The SMILES string of the molecule is Cc1ccccc1Cn1nc(CNCCc2c[nH]c3ccccc23)c(-c2ccccc2)n1. The van der Waals surface area contributed by atoms with Crippen molar-refractivity contribution in [3.8, 4) is 11.3 Å². The molecule has 5 rings (SSSR count). The fourth-order valence-corrected chi connectivity index (χ4v) is 4.10. The van der Waals surface area contributed by atoms with Gasteiger partial charge in [0.15, 0.2) is 0 Å². The molecule has 0 radical (unpaired) electrons. The van der Waals surface area contributed by atoms with Crippen molar-refractivity contribution in [2.24, 2.45) is 0 Å². The summed E-state index contributed by atoms with van der Waals surface area (Å²) in [5, 5.41) is 14.6. The van der Waals surface area contributed by atoms with Crippen LogP contribution in [0.2, 0.25) is 0 Å². The largest absolute Gasteiger partial charge is 0.361 e. The van der Waals surface area contributed by atoms with Crippen molar-refractivity contribution in [1.29, 1.82) is 0 Å². The van der Waals surface area contributed by atoms with Crippen LogP contribution in [0, 0.1) is 6.92 Å². The monoisotopic (exact) mass is 421 g/mol. The standard InChI is InChI=1S/C27H27N5/c1-20-9-5-6-12-23(20)19-32-30-26(27(31-32)21-10-3-2-4-11-21)18-28-16-15-22-17-29-25-14-8-7-13-24(22)25/h2-14,17,28-29H,15-16,18-19H2,1H3. The number of rotatable bonds is 8. The first-order chi connectivity index (χ1) is 15.8. The second-order valence-corrected chi connectivity index (χ2v) is 8.10. The van der Waals surface area contributed by atoms with Crippen LogP contribution < -0.4 is 5.32 Å². The normalized spacial score (nSPS) is 11.3. The van der Waals surface area contributed by atoms with E-state index in [1.54, 1.807) is 0 Å². The fraction of sp³-hybridized carbons (Fsp3) is 0.185. The molecule has 0 saturated carbocycles. The van der Waals surface area contributed by atoms with Crippen LogP contribution in [0.5, 0.6) is 0 Å². The Morgan fingerprint density at radius 1 is 0.844 bits per heavy atom. The zero-order valence-corrected chi connectivity index (χ0v) is 18.3. The van der Waals surface area contributed by atoms with Gasteiger partial charge in [0.2, 0.25) is 0 Å². The number of nitrogens with one attached hydrogen (secondary N) is 2. The maximum Gasteiger partial charge on any atom is 0.117 e. The zero-order valence-electron chi connectivity index (χ0n) is 18.3. The van der Waals surface area contributed by atoms with Crippen LogP contribution in [-0.2, 0) is 19.5 Å². The van der Waals surface area contributed by atoms with E-state index in [0.29, 0.717) is 13.1 Å². The minimum absolute atomic E-state index is 0.668. The van der Waals surface area contributed by atoms with Gasteiger partial charge in [0.25, 0.3) is 0 Å². The molecule has 32 heavy (non-hydrogen) atoms. The van der Waals surface area contributed by atoms with Crippen LogP contribution >= 0.6 is 0 Å². The Kier molecular flexibility index (Phi) is 5.81. The third-order valence-electron chi connectivity index (χ3n) is 5.88. The Morgan fingerprint density at radius 3 is 2.50 bits per heavy atom. The molecule has 160 valence electrons. The van der Waals surface area contributed by atoms with E-state index in [1.807, 2.05) is 23.0 Å². The van der Waals surface area contributed by atoms with Crippen LogP contribution in [0.25, 0.3) is 22.2 Å². The van der Waals surface area contributed by atoms with Gasteiger partial charge in [-0.15, -0.1) is 0 Å². The highest BCUT2D eigenvalue weighted by molar-refractivity contribution is 5.83. The van der Waals surface area contributed by atoms with Gasteiger partial charge in [-0.05, 0) is 42.6 Å². The number of aryl methyl sites for hydroxylation is 1. The summed E-state index contributed by atoms with van der Waals surface area (Å²) >= 11 is 0. The van der Waals surface area contributed by atoms with Crippen LogP contribution in [0.4, 0.5) is 0 Å². The summed E-state index contributed by atoms with van der Waals surface area (Å²) in [4.78, 5) is 5.18. The van der Waals surface area contributed by atoms with Crippen molar-refractivity contribution in [2.45, 2.75) is 26.4 Å². The number of hydrogen-bond donors (Lipinski definition) is 2. The first-order valence-electron chi connectivity index (χ1n) is 11.1. The average Bonchev–Trinajstić information content (AvgIpc) is 3.43. The molecule has 0 aliphatic heterocycles. The molecule has 0 spiro atoms. The zero-order chi connectivity index (χ0) is 21.8. The van der Waals surface area contributed by atoms with Crippen molar-refractivity contribution in [3.05, 3.63) is 107 Å². The molecular weight excluding hydrogens is 394 g/mol. The van der Waals surface area contributed by atoms with Crippen molar-refractivity contribution in [3.63, 3.8) is 0 Å². The maximum atomic E-state index is 4.85. The Labute approximate surface area is 188 Å². The summed E-state index contributed by atoms with van der Waals surface area (Å²) in [6.07, 6.45) is 3.07. The van der Waals surface area contributed by atoms with Crippen molar-refractivity contribution in [2.75, 3.05) is 6.54 Å². The minimum Gasteiger partial charge on any atom is -0.361 e. The lowest BCUT2D eigenvalue weighted by atomic mass is 10.1. The molecule has 0 atom stereocenters. The molecule has 2 aromatic heterocycles. The van der Waals surface area contributed by atoms with Gasteiger partial charge in [0, 0.05) is 29.2 Å². The lowest BCUT2D eigenvalue weighted by Crippen LogP contribution is -2.17. The predicted molar refractivity (Wildman–Crippen MR) is 129 cm³/mol. The average molecular weight is 422 g/mol. The van der Waals surface area contributed by atoms with Crippen molar-refractivity contribution >= 4 is 10.9 Å². The molecule has 0 saturated heterocycles. The van der Waals surface area contributed by atoms with Crippen LogP contribution in [0.1, 0.15) is 22.4 Å². The highest BCUT2D eigenvalue weighted by atomic mass is 15.5. The van der Waals surface area contributed by atoms with Gasteiger partial charge in [-0.2, -0.15) is 15.0 Å². The number of para-hydroxylation sites is 1. The fourth-order valence-electron chi connectivity index (χ4n) is 4.10. The smallest absolute Gasteiger partial charge is 0.117 e. The number of H-pyrrole nitrogens is 1. The highest BCUT2D eigenvalue weighted by Crippen LogP contribution is 2.21. The molecule has 0 amide bonds. The van der Waals surface area contributed by atoms with Gasteiger partial charge in [0.1, 0.15) is 11.4 Å². The summed E-state index contributed by atoms with van der Waals surface area (Å²) in [5.74, 6) is 0. The molecule has 0 unspecified atom stereocenters. The van der Waals surface area contributed by atoms with E-state index in [4.69, 9.17) is 10.2 Å². The molecule has 0 bridgehead atoms. The Bertz CT molecular complexity index is 1320. The molecule has 5 nitrogen and oxygen atoms in total. The van der Waals surface area contributed by atoms with Gasteiger partial charge in [0.05, 0.1) is 6.54 Å². The third kappa shape index (κ3) is 4.34. The highest BCUT2D eigenvalue weighted by Gasteiger charge is 2.14. The number of hydrogen-bond acceptors (Lipinski definition) is 3. The Balaban J connectivity index is 1.31. The Morgan fingerprint density at radius 2 is 1.62 bits per heavy atom. The number of benzene rings is 3. The Hall–Kier alpha value is -3.70. The molecule has 2 N–H and O–H groups in total. The van der Waals surface area contributed by atoms with E-state index in [1.165, 1.54) is 27.6 Å². The summed E-state index contributed by atoms with van der Waals surface area (Å²) in [5.41, 5.74) is 8.03. The molecule has 0 fully saturated rings. The van der Waals surface area contributed by atoms with E-state index in [-0.39, 0.29) is 0 Å². The summed E-state index contributed by atoms with van der Waals surface area (Å²) < 4.78 is 0. The lowest BCUT2D eigenvalue weighted by molar-refractivity contribution is 0.575. The van der Waals surface area contributed by atoms with Crippen LogP contribution in [-0.4, -0.2) is 26.5 Å². The van der Waals surface area contributed by atoms with E-state index in [0.717, 1.165) is 29.9 Å². The molecular formula is C27H27N5. The van der Waals surface area contributed by atoms with Crippen molar-refractivity contribution in [1.82, 2.24) is 25.3 Å². The van der Waals surface area contributed by atoms with E-state index in [9.17, 15) is 0 Å². The van der Waals surface area contributed by atoms with Crippen molar-refractivity contribution < 1.29 is 0 Å². The number of aromatic amines is 1. The van der Waals surface area contributed by atoms with Gasteiger partial charge in [-0.3, -0.25) is 0 Å². The summed E-state index contributed by atoms with van der Waals surface area (Å²) in [6, 6.07) is 27.1. The summed E-state index contributed by atoms with van der Waals surface area (Å²) in [6.45, 7) is 4.35. The second kappa shape index (κ2) is 9.20. The van der Waals surface area contributed by atoms with Crippen LogP contribution in [0.15, 0.2) is 85.1 Å². The van der Waals surface area contributed by atoms with E-state index >= 15 is 0 Å².